The van der Waals surface area contributed by atoms with E-state index >= 15 is 0 Å². The summed E-state index contributed by atoms with van der Waals surface area (Å²) in [5, 5.41) is 4.15. The van der Waals surface area contributed by atoms with E-state index in [1.165, 1.54) is 12.8 Å². The maximum Gasteiger partial charge on any atom is 0.194 e. The standard InChI is InChI=1S/C15H16BrClN2O/c16-10-3-6-12(13(17)8-10)14-9-19-15(20-14)2-1-7-18-11-4-5-11/h3,6,8-9,11,18H,1-2,4-5,7H2. The molecule has 1 aliphatic rings. The van der Waals surface area contributed by atoms with Gasteiger partial charge in [0.25, 0.3) is 0 Å². The van der Waals surface area contributed by atoms with Crippen LogP contribution in [0.3, 0.4) is 0 Å². The van der Waals surface area contributed by atoms with Gasteiger partial charge in [-0.1, -0.05) is 27.5 Å². The van der Waals surface area contributed by atoms with Crippen LogP contribution in [0.25, 0.3) is 11.3 Å². The molecule has 1 aromatic carbocycles. The SMILES string of the molecule is Clc1cc(Br)ccc1-c1cnc(CCCNC2CC2)o1. The van der Waals surface area contributed by atoms with Crippen molar-refractivity contribution in [1.29, 1.82) is 0 Å². The molecule has 1 saturated carbocycles. The van der Waals surface area contributed by atoms with Gasteiger partial charge in [-0.05, 0) is 44.0 Å². The van der Waals surface area contributed by atoms with E-state index in [4.69, 9.17) is 16.0 Å². The van der Waals surface area contributed by atoms with Gasteiger partial charge in [0.2, 0.25) is 0 Å². The summed E-state index contributed by atoms with van der Waals surface area (Å²) < 4.78 is 6.73. The lowest BCUT2D eigenvalue weighted by molar-refractivity contribution is 0.491. The first-order valence-electron chi connectivity index (χ1n) is 6.86. The normalized spacial score (nSPS) is 14.7. The van der Waals surface area contributed by atoms with Crippen molar-refractivity contribution >= 4 is 27.5 Å². The zero-order valence-corrected chi connectivity index (χ0v) is 13.4. The fourth-order valence-corrected chi connectivity index (χ4v) is 2.84. The zero-order valence-electron chi connectivity index (χ0n) is 11.0. The Bertz CT molecular complexity index is 595. The van der Waals surface area contributed by atoms with Gasteiger partial charge in [0.05, 0.1) is 11.2 Å². The summed E-state index contributed by atoms with van der Waals surface area (Å²) in [5.74, 6) is 1.50. The summed E-state index contributed by atoms with van der Waals surface area (Å²) in [4.78, 5) is 4.32. The van der Waals surface area contributed by atoms with E-state index < -0.39 is 0 Å². The largest absolute Gasteiger partial charge is 0.441 e. The number of benzene rings is 1. The number of nitrogens with one attached hydrogen (secondary N) is 1. The second-order valence-electron chi connectivity index (χ2n) is 5.07. The van der Waals surface area contributed by atoms with Crippen LogP contribution in [0.5, 0.6) is 0 Å². The van der Waals surface area contributed by atoms with Crippen LogP contribution in [-0.4, -0.2) is 17.6 Å². The molecule has 0 radical (unpaired) electrons. The summed E-state index contributed by atoms with van der Waals surface area (Å²) in [7, 11) is 0. The molecule has 20 heavy (non-hydrogen) atoms. The predicted octanol–water partition coefficient (Wildman–Crippen LogP) is 4.44. The Kier molecular flexibility index (Phi) is 4.44. The number of nitrogens with zero attached hydrogens (tertiary/aromatic N) is 1. The zero-order chi connectivity index (χ0) is 13.9. The molecule has 0 unspecified atom stereocenters. The fourth-order valence-electron chi connectivity index (χ4n) is 2.07. The molecule has 0 saturated heterocycles. The fraction of sp³-hybridized carbons (Fsp3) is 0.400. The van der Waals surface area contributed by atoms with Gasteiger partial charge in [-0.2, -0.15) is 0 Å². The van der Waals surface area contributed by atoms with Crippen molar-refractivity contribution in [2.75, 3.05) is 6.54 Å². The van der Waals surface area contributed by atoms with Crippen LogP contribution >= 0.6 is 27.5 Å². The number of hydrogen-bond donors (Lipinski definition) is 1. The lowest BCUT2D eigenvalue weighted by Crippen LogP contribution is -2.17. The van der Waals surface area contributed by atoms with Crippen molar-refractivity contribution in [1.82, 2.24) is 10.3 Å². The number of aryl methyl sites for hydroxylation is 1. The Hall–Kier alpha value is -0.840. The quantitative estimate of drug-likeness (QED) is 0.778. The Labute approximate surface area is 131 Å². The number of rotatable bonds is 6. The van der Waals surface area contributed by atoms with E-state index in [1.807, 2.05) is 18.2 Å². The third-order valence-corrected chi connectivity index (χ3v) is 4.13. The molecule has 2 aromatic rings. The van der Waals surface area contributed by atoms with E-state index in [-0.39, 0.29) is 0 Å². The highest BCUT2D eigenvalue weighted by molar-refractivity contribution is 9.10. The molecule has 1 heterocycles. The van der Waals surface area contributed by atoms with Gasteiger partial charge >= 0.3 is 0 Å². The van der Waals surface area contributed by atoms with Crippen LogP contribution in [0.1, 0.15) is 25.2 Å². The molecule has 5 heteroatoms. The van der Waals surface area contributed by atoms with Gasteiger partial charge in [0.1, 0.15) is 0 Å². The molecule has 0 amide bonds. The van der Waals surface area contributed by atoms with Gasteiger partial charge in [-0.15, -0.1) is 0 Å². The first kappa shape index (κ1) is 14.1. The lowest BCUT2D eigenvalue weighted by atomic mass is 10.2. The van der Waals surface area contributed by atoms with Crippen LogP contribution < -0.4 is 5.32 Å². The molecule has 0 spiro atoms. The van der Waals surface area contributed by atoms with E-state index in [0.717, 1.165) is 47.1 Å². The summed E-state index contributed by atoms with van der Waals surface area (Å²) in [5.41, 5.74) is 0.879. The molecule has 3 rings (SSSR count). The molecule has 1 N–H and O–H groups in total. The second-order valence-corrected chi connectivity index (χ2v) is 6.40. The minimum absolute atomic E-state index is 0.664. The average molecular weight is 356 g/mol. The van der Waals surface area contributed by atoms with Gasteiger partial charge < -0.3 is 9.73 Å². The maximum absolute atomic E-state index is 6.21. The molecule has 1 aromatic heterocycles. The third kappa shape index (κ3) is 3.62. The van der Waals surface area contributed by atoms with Crippen molar-refractivity contribution in [3.05, 3.63) is 39.8 Å². The summed E-state index contributed by atoms with van der Waals surface area (Å²) in [6.45, 7) is 1.03. The van der Waals surface area contributed by atoms with E-state index in [2.05, 4.69) is 26.2 Å². The molecular weight excluding hydrogens is 340 g/mol. The third-order valence-electron chi connectivity index (χ3n) is 3.33. The lowest BCUT2D eigenvalue weighted by Gasteiger charge is -2.01. The molecule has 0 aliphatic heterocycles. The highest BCUT2D eigenvalue weighted by Crippen LogP contribution is 2.31. The monoisotopic (exact) mass is 354 g/mol. The first-order chi connectivity index (χ1) is 9.72. The molecule has 106 valence electrons. The first-order valence-corrected chi connectivity index (χ1v) is 8.03. The van der Waals surface area contributed by atoms with Crippen LogP contribution in [0.4, 0.5) is 0 Å². The molecular formula is C15H16BrClN2O. The maximum atomic E-state index is 6.21. The van der Waals surface area contributed by atoms with Crippen molar-refractivity contribution in [2.45, 2.75) is 31.7 Å². The van der Waals surface area contributed by atoms with Crippen LogP contribution in [0.15, 0.2) is 33.3 Å². The topological polar surface area (TPSA) is 38.1 Å². The molecule has 3 nitrogen and oxygen atoms in total. The summed E-state index contributed by atoms with van der Waals surface area (Å²) >= 11 is 9.61. The highest BCUT2D eigenvalue weighted by atomic mass is 79.9. The summed E-state index contributed by atoms with van der Waals surface area (Å²) in [6, 6.07) is 6.50. The van der Waals surface area contributed by atoms with Gasteiger partial charge in [-0.25, -0.2) is 4.98 Å². The molecule has 1 fully saturated rings. The average Bonchev–Trinajstić information content (AvgIpc) is 3.13. The minimum Gasteiger partial charge on any atom is -0.441 e. The predicted molar refractivity (Wildman–Crippen MR) is 84.0 cm³/mol. The van der Waals surface area contributed by atoms with Crippen LogP contribution in [-0.2, 0) is 6.42 Å². The molecule has 0 bridgehead atoms. The Morgan fingerprint density at radius 3 is 3.00 bits per heavy atom. The number of oxazole rings is 1. The number of hydrogen-bond acceptors (Lipinski definition) is 3. The van der Waals surface area contributed by atoms with E-state index in [9.17, 15) is 0 Å². The Morgan fingerprint density at radius 2 is 2.25 bits per heavy atom. The van der Waals surface area contributed by atoms with Crippen LogP contribution in [0, 0.1) is 0 Å². The molecule has 1 aliphatic carbocycles. The Balaban J connectivity index is 1.60. The minimum atomic E-state index is 0.664. The van der Waals surface area contributed by atoms with Crippen LogP contribution in [0.2, 0.25) is 5.02 Å². The van der Waals surface area contributed by atoms with Gasteiger partial charge in [-0.3, -0.25) is 0 Å². The number of aromatic nitrogens is 1. The van der Waals surface area contributed by atoms with E-state index in [1.54, 1.807) is 6.20 Å². The highest BCUT2D eigenvalue weighted by Gasteiger charge is 2.19. The van der Waals surface area contributed by atoms with Gasteiger partial charge in [0, 0.05) is 22.5 Å². The smallest absolute Gasteiger partial charge is 0.194 e. The van der Waals surface area contributed by atoms with Gasteiger partial charge in [0.15, 0.2) is 11.7 Å². The van der Waals surface area contributed by atoms with Crippen molar-refractivity contribution in [3.8, 4) is 11.3 Å². The number of halogens is 2. The Morgan fingerprint density at radius 1 is 1.40 bits per heavy atom. The van der Waals surface area contributed by atoms with E-state index in [0.29, 0.717) is 5.02 Å². The summed E-state index contributed by atoms with van der Waals surface area (Å²) in [6.07, 6.45) is 6.30. The van der Waals surface area contributed by atoms with Crippen molar-refractivity contribution in [3.63, 3.8) is 0 Å². The van der Waals surface area contributed by atoms with Crippen molar-refractivity contribution < 1.29 is 4.42 Å². The second kappa shape index (κ2) is 6.29. The molecule has 0 atom stereocenters. The van der Waals surface area contributed by atoms with Crippen molar-refractivity contribution in [2.24, 2.45) is 0 Å².